The van der Waals surface area contributed by atoms with Crippen molar-refractivity contribution in [2.75, 3.05) is 0 Å². The van der Waals surface area contributed by atoms with E-state index in [9.17, 15) is 35.1 Å². The van der Waals surface area contributed by atoms with Gasteiger partial charge < -0.3 is 0 Å². The van der Waals surface area contributed by atoms with E-state index in [1.807, 2.05) is 6.92 Å². The lowest BCUT2D eigenvalue weighted by molar-refractivity contribution is -0.348. The van der Waals surface area contributed by atoms with Gasteiger partial charge in [0.25, 0.3) is 0 Å². The van der Waals surface area contributed by atoms with Gasteiger partial charge in [0, 0.05) is 10.3 Å². The number of halogens is 10. The lowest BCUT2D eigenvalue weighted by Crippen LogP contribution is -2.60. The second-order valence-corrected chi connectivity index (χ2v) is 7.24. The Morgan fingerprint density at radius 2 is 1.36 bits per heavy atom. The maximum atomic E-state index is 13.4. The number of unbranched alkanes of at least 4 members (excludes halogenated alkanes) is 3. The Morgan fingerprint density at radius 3 is 1.77 bits per heavy atom. The molecule has 1 unspecified atom stereocenters. The predicted octanol–water partition coefficient (Wildman–Crippen LogP) is 6.89. The fraction of sp³-hybridized carbons (Fsp3) is 1.00. The van der Waals surface area contributed by atoms with Crippen molar-refractivity contribution in [3.8, 4) is 0 Å². The van der Waals surface area contributed by atoms with Crippen molar-refractivity contribution < 1.29 is 35.1 Å². The fourth-order valence-electron chi connectivity index (χ4n) is 1.71. The lowest BCUT2D eigenvalue weighted by Gasteiger charge is -2.35. The molecule has 0 aliphatic heterocycles. The zero-order valence-electron chi connectivity index (χ0n) is 11.6. The number of rotatable bonds is 10. The van der Waals surface area contributed by atoms with E-state index < -0.39 is 33.5 Å². The maximum Gasteiger partial charge on any atom is 0.392 e. The Morgan fingerprint density at radius 1 is 0.864 bits per heavy atom. The van der Waals surface area contributed by atoms with Crippen molar-refractivity contribution in [3.63, 3.8) is 0 Å². The van der Waals surface area contributed by atoms with E-state index >= 15 is 0 Å². The summed E-state index contributed by atoms with van der Waals surface area (Å²) < 4.78 is 103. The monoisotopic (exact) mass is 474 g/mol. The Kier molecular flexibility index (Phi) is 8.19. The molecule has 0 saturated carbocycles. The summed E-state index contributed by atoms with van der Waals surface area (Å²) in [6.45, 7) is 1.91. The van der Waals surface area contributed by atoms with Gasteiger partial charge in [-0.25, -0.2) is 0 Å². The minimum absolute atomic E-state index is 0.106. The third-order valence-electron chi connectivity index (χ3n) is 3.06. The molecule has 0 fully saturated rings. The topological polar surface area (TPSA) is 0 Å². The van der Waals surface area contributed by atoms with Gasteiger partial charge in [-0.3, -0.25) is 0 Å². The quantitative estimate of drug-likeness (QED) is 0.140. The zero-order chi connectivity index (χ0) is 17.8. The third kappa shape index (κ3) is 5.24. The second kappa shape index (κ2) is 8.02. The molecule has 0 rings (SSSR count). The minimum Gasteiger partial charge on any atom is -0.200 e. The van der Waals surface area contributed by atoms with Gasteiger partial charge >= 0.3 is 23.1 Å². The highest BCUT2D eigenvalue weighted by Crippen LogP contribution is 2.55. The van der Waals surface area contributed by atoms with Crippen LogP contribution in [0, 0.1) is 0 Å². The first kappa shape index (κ1) is 22.5. The highest BCUT2D eigenvalue weighted by Gasteiger charge is 2.80. The molecular weight excluding hydrogens is 458 g/mol. The van der Waals surface area contributed by atoms with Crippen LogP contribution in [-0.4, -0.2) is 27.1 Å². The highest BCUT2D eigenvalue weighted by molar-refractivity contribution is 14.1. The first-order valence-electron chi connectivity index (χ1n) is 6.55. The molecule has 0 aromatic heterocycles. The predicted molar refractivity (Wildman–Crippen MR) is 76.8 cm³/mol. The van der Waals surface area contributed by atoms with Crippen LogP contribution < -0.4 is 0 Å². The molecule has 0 amide bonds. The average molecular weight is 475 g/mol. The van der Waals surface area contributed by atoms with E-state index in [1.54, 1.807) is 0 Å². The van der Waals surface area contributed by atoms with Gasteiger partial charge in [-0.05, 0) is 18.0 Å². The number of hydrogen-bond donors (Lipinski definition) is 0. The molecule has 0 saturated heterocycles. The van der Waals surface area contributed by atoms with E-state index in [0.29, 0.717) is 12.8 Å². The molecule has 0 spiro atoms. The van der Waals surface area contributed by atoms with E-state index in [-0.39, 0.29) is 6.42 Å². The van der Waals surface area contributed by atoms with Crippen molar-refractivity contribution in [1.29, 1.82) is 0 Å². The SMILES string of the molecule is CCCCCCC(I)CC(F)(F)C(F)(F)C(F)(F)C(F)(F)Cl. The minimum atomic E-state index is -6.36. The molecule has 0 heterocycles. The Hall–Kier alpha value is 0.460. The molecule has 0 aromatic rings. The first-order chi connectivity index (χ1) is 9.70. The average Bonchev–Trinajstić information content (AvgIpc) is 2.32. The second-order valence-electron chi connectivity index (χ2n) is 5.00. The van der Waals surface area contributed by atoms with E-state index in [2.05, 4.69) is 11.6 Å². The standard InChI is InChI=1S/C12H16ClF8I/c1-2-3-4-5-6-8(22)7-9(14,15)10(16,17)11(18,19)12(13,20)21/h8H,2-7H2,1H3. The van der Waals surface area contributed by atoms with Crippen LogP contribution >= 0.6 is 34.2 Å². The summed E-state index contributed by atoms with van der Waals surface area (Å²) in [5.74, 6) is -17.9. The van der Waals surface area contributed by atoms with Crippen LogP contribution in [0.25, 0.3) is 0 Å². The summed E-state index contributed by atoms with van der Waals surface area (Å²) in [6.07, 6.45) is 1.33. The van der Waals surface area contributed by atoms with E-state index in [1.165, 1.54) is 22.6 Å². The molecule has 0 N–H and O–H groups in total. The Bertz CT molecular complexity index is 343. The van der Waals surface area contributed by atoms with Crippen molar-refractivity contribution >= 4 is 34.2 Å². The van der Waals surface area contributed by atoms with Crippen LogP contribution in [0.1, 0.15) is 45.4 Å². The van der Waals surface area contributed by atoms with Crippen molar-refractivity contribution in [1.82, 2.24) is 0 Å². The van der Waals surface area contributed by atoms with Crippen LogP contribution in [0.4, 0.5) is 35.1 Å². The van der Waals surface area contributed by atoms with Crippen LogP contribution in [0.15, 0.2) is 0 Å². The maximum absolute atomic E-state index is 13.4. The van der Waals surface area contributed by atoms with Crippen LogP contribution in [0.5, 0.6) is 0 Å². The molecule has 22 heavy (non-hydrogen) atoms. The molecular formula is C12H16ClF8I. The van der Waals surface area contributed by atoms with Gasteiger partial charge in [-0.1, -0.05) is 55.2 Å². The normalized spacial score (nSPS) is 16.0. The van der Waals surface area contributed by atoms with Crippen LogP contribution in [-0.2, 0) is 0 Å². The first-order valence-corrected chi connectivity index (χ1v) is 8.17. The third-order valence-corrected chi connectivity index (χ3v) is 4.36. The zero-order valence-corrected chi connectivity index (χ0v) is 14.5. The molecule has 0 bridgehead atoms. The summed E-state index contributed by atoms with van der Waals surface area (Å²) in [7, 11) is 0. The van der Waals surface area contributed by atoms with Gasteiger partial charge in [-0.15, -0.1) is 0 Å². The van der Waals surface area contributed by atoms with E-state index in [0.717, 1.165) is 12.8 Å². The molecule has 134 valence electrons. The van der Waals surface area contributed by atoms with Crippen LogP contribution in [0.2, 0.25) is 0 Å². The summed E-state index contributed by atoms with van der Waals surface area (Å²) in [4.78, 5) is 0. The summed E-state index contributed by atoms with van der Waals surface area (Å²) >= 11 is 5.30. The van der Waals surface area contributed by atoms with Gasteiger partial charge in [0.1, 0.15) is 0 Å². The summed E-state index contributed by atoms with van der Waals surface area (Å²) in [5, 5.41) is -5.78. The molecule has 0 aliphatic rings. The Balaban J connectivity index is 4.90. The largest absolute Gasteiger partial charge is 0.392 e. The van der Waals surface area contributed by atoms with Gasteiger partial charge in [-0.2, -0.15) is 35.1 Å². The van der Waals surface area contributed by atoms with Gasteiger partial charge in [0.2, 0.25) is 0 Å². The highest BCUT2D eigenvalue weighted by atomic mass is 127. The lowest BCUT2D eigenvalue weighted by atomic mass is 9.98. The summed E-state index contributed by atoms with van der Waals surface area (Å²) in [6, 6.07) is 0. The fourth-order valence-corrected chi connectivity index (χ4v) is 2.82. The molecule has 0 nitrogen and oxygen atoms in total. The van der Waals surface area contributed by atoms with Crippen molar-refractivity contribution in [3.05, 3.63) is 0 Å². The summed E-state index contributed by atoms with van der Waals surface area (Å²) in [5.41, 5.74) is 0. The molecule has 0 radical (unpaired) electrons. The van der Waals surface area contributed by atoms with Crippen LogP contribution in [0.3, 0.4) is 0 Å². The number of hydrogen-bond acceptors (Lipinski definition) is 0. The van der Waals surface area contributed by atoms with Gasteiger partial charge in [0.15, 0.2) is 0 Å². The smallest absolute Gasteiger partial charge is 0.200 e. The van der Waals surface area contributed by atoms with Crippen molar-refractivity contribution in [2.45, 2.75) is 72.5 Å². The Labute approximate surface area is 142 Å². The molecule has 1 atom stereocenters. The molecule has 0 aromatic carbocycles. The van der Waals surface area contributed by atoms with Gasteiger partial charge in [0.05, 0.1) is 0 Å². The molecule has 0 aliphatic carbocycles. The molecule has 10 heteroatoms. The number of alkyl halides is 10. The van der Waals surface area contributed by atoms with E-state index in [4.69, 9.17) is 0 Å². The van der Waals surface area contributed by atoms with Crippen molar-refractivity contribution in [2.24, 2.45) is 0 Å².